The lowest BCUT2D eigenvalue weighted by Gasteiger charge is -2.26. The van der Waals surface area contributed by atoms with Crippen molar-refractivity contribution in [1.29, 1.82) is 0 Å². The van der Waals surface area contributed by atoms with Gasteiger partial charge in [0.2, 0.25) is 5.95 Å². The molecule has 0 saturated carbocycles. The number of pyridine rings is 1. The van der Waals surface area contributed by atoms with Gasteiger partial charge in [-0.1, -0.05) is 0 Å². The van der Waals surface area contributed by atoms with Crippen LogP contribution in [0.3, 0.4) is 0 Å². The number of morpholine rings is 1. The number of fused-ring (bicyclic) bond motifs is 1. The van der Waals surface area contributed by atoms with Gasteiger partial charge in [-0.05, 0) is 49.4 Å². The summed E-state index contributed by atoms with van der Waals surface area (Å²) in [7, 11) is 0. The van der Waals surface area contributed by atoms with E-state index in [0.717, 1.165) is 44.2 Å². The van der Waals surface area contributed by atoms with Gasteiger partial charge in [-0.25, -0.2) is 20.4 Å². The number of hydroxylamine groups is 1. The highest BCUT2D eigenvalue weighted by molar-refractivity contribution is 5.94. The highest BCUT2D eigenvalue weighted by Gasteiger charge is 2.16. The van der Waals surface area contributed by atoms with Crippen molar-refractivity contribution in [2.24, 2.45) is 0 Å². The molecule has 196 valence electrons. The topological polar surface area (TPSA) is 146 Å². The molecule has 5 rings (SSSR count). The Morgan fingerprint density at radius 2 is 1.76 bits per heavy atom. The van der Waals surface area contributed by atoms with Crippen molar-refractivity contribution in [2.45, 2.75) is 6.92 Å². The minimum Gasteiger partial charge on any atom is -0.379 e. The average molecular weight is 517 g/mol. The number of rotatable bonds is 8. The van der Waals surface area contributed by atoms with Gasteiger partial charge in [-0.3, -0.25) is 24.1 Å². The monoisotopic (exact) mass is 516 g/mol. The Morgan fingerprint density at radius 3 is 2.53 bits per heavy atom. The predicted octanol–water partition coefficient (Wildman–Crippen LogP) is 2.02. The second-order valence-corrected chi connectivity index (χ2v) is 8.81. The van der Waals surface area contributed by atoms with E-state index in [2.05, 4.69) is 30.5 Å². The van der Waals surface area contributed by atoms with E-state index in [1.165, 1.54) is 0 Å². The summed E-state index contributed by atoms with van der Waals surface area (Å²) in [4.78, 5) is 40.3. The van der Waals surface area contributed by atoms with Gasteiger partial charge in [0.25, 0.3) is 11.8 Å². The van der Waals surface area contributed by atoms with Gasteiger partial charge < -0.3 is 15.4 Å². The van der Waals surface area contributed by atoms with E-state index in [9.17, 15) is 9.59 Å². The smallest absolute Gasteiger partial charge is 0.274 e. The Morgan fingerprint density at radius 1 is 1.00 bits per heavy atom. The van der Waals surface area contributed by atoms with Gasteiger partial charge in [0.15, 0.2) is 0 Å². The van der Waals surface area contributed by atoms with Gasteiger partial charge in [0.1, 0.15) is 5.65 Å². The van der Waals surface area contributed by atoms with Crippen molar-refractivity contribution < 1.29 is 19.5 Å². The van der Waals surface area contributed by atoms with Gasteiger partial charge in [-0.2, -0.15) is 0 Å². The number of hydrogen-bond acceptors (Lipinski definition) is 9. The molecule has 38 heavy (non-hydrogen) atoms. The molecule has 0 radical (unpaired) electrons. The molecule has 1 fully saturated rings. The minimum absolute atomic E-state index is 0.152. The van der Waals surface area contributed by atoms with Crippen molar-refractivity contribution in [1.82, 2.24) is 35.0 Å². The van der Waals surface area contributed by atoms with Crippen LogP contribution in [0, 0.1) is 6.92 Å². The number of nitrogens with one attached hydrogen (secondary N) is 3. The van der Waals surface area contributed by atoms with Gasteiger partial charge in [0.05, 0.1) is 35.9 Å². The van der Waals surface area contributed by atoms with Crippen molar-refractivity contribution in [3.8, 4) is 11.4 Å². The van der Waals surface area contributed by atoms with Crippen LogP contribution in [-0.4, -0.2) is 80.7 Å². The Bertz CT molecular complexity index is 1450. The minimum atomic E-state index is -0.594. The summed E-state index contributed by atoms with van der Waals surface area (Å²) in [5.74, 6) is -0.392. The zero-order valence-corrected chi connectivity index (χ0v) is 20.8. The highest BCUT2D eigenvalue weighted by Crippen LogP contribution is 2.25. The fraction of sp³-hybridized carbons (Fsp3) is 0.269. The van der Waals surface area contributed by atoms with E-state index in [0.29, 0.717) is 40.6 Å². The molecule has 1 saturated heterocycles. The molecule has 0 spiro atoms. The van der Waals surface area contributed by atoms with Crippen LogP contribution in [0.5, 0.6) is 0 Å². The predicted molar refractivity (Wildman–Crippen MR) is 140 cm³/mol. The molecule has 1 aromatic carbocycles. The van der Waals surface area contributed by atoms with Crippen LogP contribution < -0.4 is 16.1 Å². The molecule has 1 aliphatic heterocycles. The lowest BCUT2D eigenvalue weighted by molar-refractivity contribution is 0.0383. The highest BCUT2D eigenvalue weighted by atomic mass is 16.5. The summed E-state index contributed by atoms with van der Waals surface area (Å²) >= 11 is 0. The molecule has 4 aromatic rings. The number of anilines is 2. The quantitative estimate of drug-likeness (QED) is 0.204. The number of aryl methyl sites for hydroxylation is 1. The van der Waals surface area contributed by atoms with E-state index in [-0.39, 0.29) is 5.91 Å². The lowest BCUT2D eigenvalue weighted by Crippen LogP contribution is -2.41. The second-order valence-electron chi connectivity index (χ2n) is 8.81. The van der Waals surface area contributed by atoms with E-state index < -0.39 is 5.91 Å². The van der Waals surface area contributed by atoms with Crippen LogP contribution in [0.25, 0.3) is 17.0 Å². The maximum absolute atomic E-state index is 12.9. The maximum atomic E-state index is 12.9. The first kappa shape index (κ1) is 25.3. The zero-order valence-electron chi connectivity index (χ0n) is 20.8. The van der Waals surface area contributed by atoms with Gasteiger partial charge in [0, 0.05) is 49.8 Å². The first-order valence-corrected chi connectivity index (χ1v) is 12.2. The number of carbonyl (C=O) groups is 2. The molecule has 0 aliphatic carbocycles. The Balaban J connectivity index is 1.33. The van der Waals surface area contributed by atoms with E-state index in [1.54, 1.807) is 54.3 Å². The summed E-state index contributed by atoms with van der Waals surface area (Å²) in [5, 5.41) is 14.9. The Kier molecular flexibility index (Phi) is 7.54. The molecule has 12 heteroatoms. The molecular formula is C26H28N8O4. The van der Waals surface area contributed by atoms with Crippen LogP contribution in [0.15, 0.2) is 54.9 Å². The van der Waals surface area contributed by atoms with Crippen LogP contribution in [0.2, 0.25) is 0 Å². The van der Waals surface area contributed by atoms with Crippen LogP contribution >= 0.6 is 0 Å². The number of carbonyl (C=O) groups excluding carboxylic acids is 2. The summed E-state index contributed by atoms with van der Waals surface area (Å²) < 4.78 is 7.23. The molecule has 1 aliphatic rings. The fourth-order valence-electron chi connectivity index (χ4n) is 4.31. The number of hydrogen-bond donors (Lipinski definition) is 4. The molecule has 4 heterocycles. The van der Waals surface area contributed by atoms with E-state index in [4.69, 9.17) is 9.94 Å². The number of nitrogens with zero attached hydrogens (tertiary/aromatic N) is 5. The van der Waals surface area contributed by atoms with Gasteiger partial charge in [-0.15, -0.1) is 0 Å². The summed E-state index contributed by atoms with van der Waals surface area (Å²) in [6, 6.07) is 11.9. The van der Waals surface area contributed by atoms with Crippen LogP contribution in [-0.2, 0) is 4.74 Å². The number of aromatic nitrogens is 4. The number of ether oxygens (including phenoxy) is 1. The second kappa shape index (κ2) is 11.3. The first-order chi connectivity index (χ1) is 18.5. The molecule has 0 bridgehead atoms. The van der Waals surface area contributed by atoms with Gasteiger partial charge >= 0.3 is 0 Å². The summed E-state index contributed by atoms with van der Waals surface area (Å²) in [6.07, 6.45) is 3.41. The van der Waals surface area contributed by atoms with E-state index >= 15 is 0 Å². The molecule has 0 atom stereocenters. The molecule has 4 N–H and O–H groups in total. The van der Waals surface area contributed by atoms with E-state index in [1.807, 2.05) is 17.4 Å². The number of benzene rings is 1. The summed E-state index contributed by atoms with van der Waals surface area (Å²) in [6.45, 7) is 6.43. The third-order valence-electron chi connectivity index (χ3n) is 6.28. The molecule has 0 unspecified atom stereocenters. The van der Waals surface area contributed by atoms with Crippen LogP contribution in [0.1, 0.15) is 26.4 Å². The maximum Gasteiger partial charge on any atom is 0.274 e. The fourth-order valence-corrected chi connectivity index (χ4v) is 4.31. The molecular weight excluding hydrogens is 488 g/mol. The first-order valence-electron chi connectivity index (χ1n) is 12.2. The third kappa shape index (κ3) is 5.62. The van der Waals surface area contributed by atoms with Crippen molar-refractivity contribution in [3.05, 3.63) is 71.7 Å². The molecule has 2 amide bonds. The largest absolute Gasteiger partial charge is 0.379 e. The third-order valence-corrected chi connectivity index (χ3v) is 6.28. The lowest BCUT2D eigenvalue weighted by atomic mass is 10.2. The Labute approximate surface area is 218 Å². The van der Waals surface area contributed by atoms with Crippen LogP contribution in [0.4, 0.5) is 11.6 Å². The molecule has 12 nitrogen and oxygen atoms in total. The number of imidazole rings is 1. The number of amides is 2. The molecule has 3 aromatic heterocycles. The zero-order chi connectivity index (χ0) is 26.5. The van der Waals surface area contributed by atoms with Crippen molar-refractivity contribution >= 4 is 29.1 Å². The van der Waals surface area contributed by atoms with Crippen molar-refractivity contribution in [2.75, 3.05) is 44.7 Å². The average Bonchev–Trinajstić information content (AvgIpc) is 3.28. The van der Waals surface area contributed by atoms with Crippen molar-refractivity contribution in [3.63, 3.8) is 0 Å². The SMILES string of the molecule is Cc1nc2ccc(C(=O)NCCN3CCOCC3)cn2c1-c1ccnc(Nc2ccc(C(=O)NO)cc2)n1. The summed E-state index contributed by atoms with van der Waals surface area (Å²) in [5.41, 5.74) is 5.96. The normalized spacial score (nSPS) is 13.8. The standard InChI is InChI=1S/C26H28N8O4/c1-17-23(21-8-9-28-26(31-21)30-20-5-2-18(3-6-20)25(36)32-37)34-16-19(4-7-22(34)29-17)24(35)27-10-11-33-12-14-38-15-13-33/h2-9,16,37H,10-15H2,1H3,(H,27,35)(H,32,36)(H,28,30,31). The Hall–Kier alpha value is -4.39.